The smallest absolute Gasteiger partial charge is 0.453 e. The topological polar surface area (TPSA) is 90.6 Å². The number of amides is 1. The molecule has 152 valence electrons. The normalized spacial score (nSPS) is 13.6. The molecule has 3 aromatic rings. The van der Waals surface area contributed by atoms with Gasteiger partial charge in [0.05, 0.1) is 6.42 Å². The molecule has 11 heteroatoms. The minimum absolute atomic E-state index is 0.0870. The van der Waals surface area contributed by atoms with E-state index in [1.54, 1.807) is 32.0 Å². The van der Waals surface area contributed by atoms with Gasteiger partial charge in [-0.2, -0.15) is 18.2 Å². The van der Waals surface area contributed by atoms with Crippen molar-refractivity contribution < 1.29 is 27.4 Å². The standard InChI is InChI=1S/C18H16F3N5O3/c1-9-12(10(2)26-17(22-9)24-16(25-26)18(19,20)21)8-15(27)23-11-3-4-13-14(7-11)29-6-5-28-13/h3-4,7H,5-6,8H2,1-2H3,(H,23,27). The van der Waals surface area contributed by atoms with E-state index in [0.29, 0.717) is 47.4 Å². The lowest BCUT2D eigenvalue weighted by atomic mass is 10.1. The van der Waals surface area contributed by atoms with Crippen molar-refractivity contribution in [1.82, 2.24) is 19.6 Å². The second-order valence-corrected chi connectivity index (χ2v) is 6.49. The predicted octanol–water partition coefficient (Wildman–Crippen LogP) is 2.71. The number of hydrogen-bond acceptors (Lipinski definition) is 6. The second kappa shape index (κ2) is 6.90. The summed E-state index contributed by atoms with van der Waals surface area (Å²) in [6, 6.07) is 5.03. The van der Waals surface area contributed by atoms with Crippen LogP contribution in [0, 0.1) is 13.8 Å². The summed E-state index contributed by atoms with van der Waals surface area (Å²) >= 11 is 0. The quantitative estimate of drug-likeness (QED) is 0.718. The van der Waals surface area contributed by atoms with Gasteiger partial charge < -0.3 is 14.8 Å². The third-order valence-electron chi connectivity index (χ3n) is 4.47. The van der Waals surface area contributed by atoms with Gasteiger partial charge in [-0.05, 0) is 26.0 Å². The number of ether oxygens (including phenoxy) is 2. The highest BCUT2D eigenvalue weighted by atomic mass is 19.4. The number of aryl methyl sites for hydroxylation is 2. The molecule has 0 unspecified atom stereocenters. The average molecular weight is 407 g/mol. The Morgan fingerprint density at radius 2 is 1.90 bits per heavy atom. The Morgan fingerprint density at radius 3 is 2.62 bits per heavy atom. The summed E-state index contributed by atoms with van der Waals surface area (Å²) in [7, 11) is 0. The summed E-state index contributed by atoms with van der Waals surface area (Å²) in [5, 5.41) is 6.23. The fraction of sp³-hybridized carbons (Fsp3) is 0.333. The maximum absolute atomic E-state index is 12.9. The van der Waals surface area contributed by atoms with E-state index in [2.05, 4.69) is 20.4 Å². The molecular weight excluding hydrogens is 391 g/mol. The molecule has 0 radical (unpaired) electrons. The zero-order chi connectivity index (χ0) is 20.8. The number of nitrogens with one attached hydrogen (secondary N) is 1. The van der Waals surface area contributed by atoms with E-state index in [0.717, 1.165) is 4.52 Å². The van der Waals surface area contributed by atoms with Crippen molar-refractivity contribution in [3.63, 3.8) is 0 Å². The van der Waals surface area contributed by atoms with E-state index in [1.165, 1.54) is 0 Å². The Bertz CT molecular complexity index is 1110. The molecule has 0 spiro atoms. The van der Waals surface area contributed by atoms with E-state index < -0.39 is 12.0 Å². The van der Waals surface area contributed by atoms with Crippen molar-refractivity contribution in [3.8, 4) is 11.5 Å². The highest BCUT2D eigenvalue weighted by Gasteiger charge is 2.37. The minimum Gasteiger partial charge on any atom is -0.486 e. The van der Waals surface area contributed by atoms with Gasteiger partial charge in [0.2, 0.25) is 5.91 Å². The number of aromatic nitrogens is 4. The van der Waals surface area contributed by atoms with Gasteiger partial charge in [-0.15, -0.1) is 5.10 Å². The van der Waals surface area contributed by atoms with Crippen molar-refractivity contribution in [2.24, 2.45) is 0 Å². The molecule has 1 aliphatic heterocycles. The molecule has 8 nitrogen and oxygen atoms in total. The summed E-state index contributed by atoms with van der Waals surface area (Å²) in [4.78, 5) is 20.0. The number of carbonyl (C=O) groups is 1. The molecule has 2 aromatic heterocycles. The van der Waals surface area contributed by atoms with Crippen LogP contribution in [0.25, 0.3) is 5.78 Å². The van der Waals surface area contributed by atoms with Crippen LogP contribution in [0.1, 0.15) is 22.8 Å². The fourth-order valence-electron chi connectivity index (χ4n) is 3.07. The molecule has 29 heavy (non-hydrogen) atoms. The highest BCUT2D eigenvalue weighted by Crippen LogP contribution is 2.32. The number of anilines is 1. The number of alkyl halides is 3. The summed E-state index contributed by atoms with van der Waals surface area (Å²) in [6.45, 7) is 4.07. The highest BCUT2D eigenvalue weighted by molar-refractivity contribution is 5.92. The van der Waals surface area contributed by atoms with Crippen LogP contribution >= 0.6 is 0 Å². The summed E-state index contributed by atoms with van der Waals surface area (Å²) in [5.41, 5.74) is 1.77. The first-order valence-corrected chi connectivity index (χ1v) is 8.72. The summed E-state index contributed by atoms with van der Waals surface area (Å²) in [5.74, 6) is -0.659. The average Bonchev–Trinajstić information content (AvgIpc) is 3.09. The molecule has 0 fully saturated rings. The Labute approximate surface area is 162 Å². The Balaban J connectivity index is 1.57. The fourth-order valence-corrected chi connectivity index (χ4v) is 3.07. The maximum Gasteiger partial charge on any atom is 0.453 e. The maximum atomic E-state index is 12.9. The molecule has 1 aromatic carbocycles. The van der Waals surface area contributed by atoms with Crippen LogP contribution in [-0.2, 0) is 17.4 Å². The van der Waals surface area contributed by atoms with E-state index in [4.69, 9.17) is 9.47 Å². The summed E-state index contributed by atoms with van der Waals surface area (Å²) < 4.78 is 50.6. The van der Waals surface area contributed by atoms with Crippen LogP contribution in [0.2, 0.25) is 0 Å². The van der Waals surface area contributed by atoms with Gasteiger partial charge in [-0.1, -0.05) is 0 Å². The van der Waals surface area contributed by atoms with Gasteiger partial charge in [0.15, 0.2) is 11.5 Å². The number of nitrogens with zero attached hydrogens (tertiary/aromatic N) is 4. The molecule has 1 N–H and O–H groups in total. The molecule has 1 amide bonds. The lowest BCUT2D eigenvalue weighted by molar-refractivity contribution is -0.144. The van der Waals surface area contributed by atoms with Crippen LogP contribution < -0.4 is 14.8 Å². The number of halogens is 3. The Hall–Kier alpha value is -3.37. The SMILES string of the molecule is Cc1nc2nc(C(F)(F)F)nn2c(C)c1CC(=O)Nc1ccc2c(c1)OCCO2. The first kappa shape index (κ1) is 19.0. The van der Waals surface area contributed by atoms with Crippen molar-refractivity contribution >= 4 is 17.4 Å². The predicted molar refractivity (Wildman–Crippen MR) is 95.0 cm³/mol. The van der Waals surface area contributed by atoms with Crippen LogP contribution in [-0.4, -0.2) is 38.7 Å². The van der Waals surface area contributed by atoms with Crippen LogP contribution in [0.4, 0.5) is 18.9 Å². The summed E-state index contributed by atoms with van der Waals surface area (Å²) in [6.07, 6.45) is -4.76. The minimum atomic E-state index is -4.68. The first-order chi connectivity index (χ1) is 13.7. The number of hydrogen-bond donors (Lipinski definition) is 1. The molecule has 0 bridgehead atoms. The largest absolute Gasteiger partial charge is 0.486 e. The van der Waals surface area contributed by atoms with Crippen molar-refractivity contribution in [2.75, 3.05) is 18.5 Å². The van der Waals surface area contributed by atoms with Crippen molar-refractivity contribution in [2.45, 2.75) is 26.4 Å². The van der Waals surface area contributed by atoms with Gasteiger partial charge in [-0.3, -0.25) is 4.79 Å². The van der Waals surface area contributed by atoms with Crippen molar-refractivity contribution in [1.29, 1.82) is 0 Å². The lowest BCUT2D eigenvalue weighted by Crippen LogP contribution is -2.19. The molecule has 4 rings (SSSR count). The zero-order valence-corrected chi connectivity index (χ0v) is 15.5. The molecule has 3 heterocycles. The van der Waals surface area contributed by atoms with Gasteiger partial charge in [-0.25, -0.2) is 9.50 Å². The molecule has 0 saturated carbocycles. The number of rotatable bonds is 3. The van der Waals surface area contributed by atoms with E-state index in [-0.39, 0.29) is 18.1 Å². The van der Waals surface area contributed by atoms with E-state index in [9.17, 15) is 18.0 Å². The molecule has 1 aliphatic rings. The number of benzene rings is 1. The lowest BCUT2D eigenvalue weighted by Gasteiger charge is -2.19. The monoisotopic (exact) mass is 407 g/mol. The molecule has 0 aliphatic carbocycles. The second-order valence-electron chi connectivity index (χ2n) is 6.49. The third-order valence-corrected chi connectivity index (χ3v) is 4.47. The van der Waals surface area contributed by atoms with Crippen LogP contribution in [0.5, 0.6) is 11.5 Å². The van der Waals surface area contributed by atoms with E-state index >= 15 is 0 Å². The van der Waals surface area contributed by atoms with Crippen LogP contribution in [0.15, 0.2) is 18.2 Å². The third kappa shape index (κ3) is 3.67. The van der Waals surface area contributed by atoms with Gasteiger partial charge in [0, 0.05) is 28.7 Å². The molecule has 0 saturated heterocycles. The van der Waals surface area contributed by atoms with Gasteiger partial charge in [0.1, 0.15) is 13.2 Å². The number of carbonyl (C=O) groups excluding carboxylic acids is 1. The molecule has 0 atom stereocenters. The first-order valence-electron chi connectivity index (χ1n) is 8.72. The van der Waals surface area contributed by atoms with Gasteiger partial charge >= 0.3 is 6.18 Å². The van der Waals surface area contributed by atoms with Gasteiger partial charge in [0.25, 0.3) is 11.6 Å². The Morgan fingerprint density at radius 1 is 1.17 bits per heavy atom. The van der Waals surface area contributed by atoms with Crippen molar-refractivity contribution in [3.05, 3.63) is 41.0 Å². The Kier molecular flexibility index (Phi) is 4.52. The molecular formula is C18H16F3N5O3. The van der Waals surface area contributed by atoms with Crippen LogP contribution in [0.3, 0.4) is 0 Å². The number of fused-ring (bicyclic) bond motifs is 2. The zero-order valence-electron chi connectivity index (χ0n) is 15.5. The van der Waals surface area contributed by atoms with E-state index in [1.807, 2.05) is 0 Å².